The minimum Gasteiger partial charge on any atom is -0.481 e. The third-order valence-electron chi connectivity index (χ3n) is 3.34. The number of amides is 1. The number of benzene rings is 1. The fraction of sp³-hybridized carbons (Fsp3) is 0.429. The van der Waals surface area contributed by atoms with Gasteiger partial charge < -0.3 is 14.7 Å². The molecule has 1 N–H and O–H groups in total. The Morgan fingerprint density at radius 3 is 2.75 bits per heavy atom. The van der Waals surface area contributed by atoms with Gasteiger partial charge in [0.25, 0.3) is 5.91 Å². The molecule has 0 aromatic heterocycles. The number of ether oxygens (including phenoxy) is 1. The molecule has 1 aromatic carbocycles. The van der Waals surface area contributed by atoms with Gasteiger partial charge in [0.1, 0.15) is 5.75 Å². The maximum atomic E-state index is 12.2. The summed E-state index contributed by atoms with van der Waals surface area (Å²) in [4.78, 5) is 24.6. The number of rotatable bonds is 4. The molecule has 1 fully saturated rings. The molecule has 0 aliphatic carbocycles. The van der Waals surface area contributed by atoms with E-state index >= 15 is 0 Å². The van der Waals surface area contributed by atoms with Crippen LogP contribution in [0.2, 0.25) is 5.02 Å². The normalized spacial score (nSPS) is 19.7. The second-order valence-electron chi connectivity index (χ2n) is 4.80. The van der Waals surface area contributed by atoms with Crippen molar-refractivity contribution in [1.29, 1.82) is 0 Å². The van der Waals surface area contributed by atoms with Crippen molar-refractivity contribution < 1.29 is 19.4 Å². The summed E-state index contributed by atoms with van der Waals surface area (Å²) in [6.07, 6.45) is -0.206. The first-order chi connectivity index (χ1) is 9.49. The SMILES string of the molecule is CC(Oc1ccccc1Cl)C(=O)N1CCC(C(=O)O)C1. The van der Waals surface area contributed by atoms with Gasteiger partial charge in [-0.2, -0.15) is 0 Å². The number of para-hydroxylation sites is 1. The van der Waals surface area contributed by atoms with Gasteiger partial charge in [0, 0.05) is 13.1 Å². The van der Waals surface area contributed by atoms with Gasteiger partial charge in [0.15, 0.2) is 6.10 Å². The molecule has 0 radical (unpaired) electrons. The number of halogens is 1. The Bertz CT molecular complexity index is 520. The van der Waals surface area contributed by atoms with E-state index in [1.807, 2.05) is 0 Å². The minimum absolute atomic E-state index is 0.214. The van der Waals surface area contributed by atoms with Crippen LogP contribution in [0.15, 0.2) is 24.3 Å². The van der Waals surface area contributed by atoms with Crippen molar-refractivity contribution in [3.63, 3.8) is 0 Å². The maximum Gasteiger partial charge on any atom is 0.308 e. The largest absolute Gasteiger partial charge is 0.481 e. The first kappa shape index (κ1) is 14.7. The van der Waals surface area contributed by atoms with E-state index in [2.05, 4.69) is 0 Å². The smallest absolute Gasteiger partial charge is 0.308 e. The van der Waals surface area contributed by atoms with Gasteiger partial charge in [0.2, 0.25) is 0 Å². The van der Waals surface area contributed by atoms with Crippen LogP contribution in [-0.2, 0) is 9.59 Å². The van der Waals surface area contributed by atoms with Crippen molar-refractivity contribution in [2.45, 2.75) is 19.4 Å². The van der Waals surface area contributed by atoms with Crippen LogP contribution in [0.5, 0.6) is 5.75 Å². The molecule has 2 atom stereocenters. The van der Waals surface area contributed by atoms with Crippen LogP contribution in [0, 0.1) is 5.92 Å². The molecule has 1 aromatic rings. The molecular weight excluding hydrogens is 282 g/mol. The monoisotopic (exact) mass is 297 g/mol. The molecule has 0 bridgehead atoms. The second kappa shape index (κ2) is 6.13. The average Bonchev–Trinajstić information content (AvgIpc) is 2.90. The lowest BCUT2D eigenvalue weighted by Crippen LogP contribution is -2.39. The van der Waals surface area contributed by atoms with Crippen LogP contribution in [0.25, 0.3) is 0 Å². The molecule has 1 amide bonds. The number of likely N-dealkylation sites (tertiary alicyclic amines) is 1. The first-order valence-corrected chi connectivity index (χ1v) is 6.79. The summed E-state index contributed by atoms with van der Waals surface area (Å²) in [7, 11) is 0. The summed E-state index contributed by atoms with van der Waals surface area (Å²) in [5.74, 6) is -1.11. The highest BCUT2D eigenvalue weighted by Gasteiger charge is 2.33. The van der Waals surface area contributed by atoms with Crippen LogP contribution < -0.4 is 4.74 Å². The Hall–Kier alpha value is -1.75. The molecule has 5 nitrogen and oxygen atoms in total. The molecular formula is C14H16ClNO4. The van der Waals surface area contributed by atoms with Crippen molar-refractivity contribution in [3.8, 4) is 5.75 Å². The van der Waals surface area contributed by atoms with E-state index in [9.17, 15) is 9.59 Å². The van der Waals surface area contributed by atoms with Gasteiger partial charge in [-0.3, -0.25) is 9.59 Å². The predicted octanol–water partition coefficient (Wildman–Crippen LogP) is 2.04. The fourth-order valence-corrected chi connectivity index (χ4v) is 2.38. The zero-order chi connectivity index (χ0) is 14.7. The minimum atomic E-state index is -0.861. The third-order valence-corrected chi connectivity index (χ3v) is 3.65. The summed E-state index contributed by atoms with van der Waals surface area (Å²) in [5, 5.41) is 9.38. The third kappa shape index (κ3) is 3.22. The lowest BCUT2D eigenvalue weighted by molar-refractivity contribution is -0.142. The molecule has 1 saturated heterocycles. The Kier molecular flexibility index (Phi) is 4.49. The predicted molar refractivity (Wildman–Crippen MR) is 73.9 cm³/mol. The number of carbonyl (C=O) groups is 2. The van der Waals surface area contributed by atoms with E-state index < -0.39 is 18.0 Å². The summed E-state index contributed by atoms with van der Waals surface area (Å²) in [6, 6.07) is 6.93. The van der Waals surface area contributed by atoms with Crippen LogP contribution >= 0.6 is 11.6 Å². The Balaban J connectivity index is 1.96. The topological polar surface area (TPSA) is 66.8 Å². The van der Waals surface area contributed by atoms with Gasteiger partial charge in [-0.15, -0.1) is 0 Å². The second-order valence-corrected chi connectivity index (χ2v) is 5.21. The van der Waals surface area contributed by atoms with Crippen molar-refractivity contribution >= 4 is 23.5 Å². The molecule has 1 aliphatic heterocycles. The van der Waals surface area contributed by atoms with E-state index in [0.29, 0.717) is 23.7 Å². The number of nitrogens with zero attached hydrogens (tertiary/aromatic N) is 1. The number of hydrogen-bond donors (Lipinski definition) is 1. The van der Waals surface area contributed by atoms with E-state index in [1.54, 1.807) is 31.2 Å². The molecule has 0 saturated carbocycles. The maximum absolute atomic E-state index is 12.2. The number of carboxylic acid groups (broad SMARTS) is 1. The van der Waals surface area contributed by atoms with E-state index in [-0.39, 0.29) is 12.5 Å². The van der Waals surface area contributed by atoms with Gasteiger partial charge in [-0.1, -0.05) is 23.7 Å². The number of hydrogen-bond acceptors (Lipinski definition) is 3. The van der Waals surface area contributed by atoms with Crippen LogP contribution in [0.3, 0.4) is 0 Å². The van der Waals surface area contributed by atoms with E-state index in [1.165, 1.54) is 4.90 Å². The molecule has 1 heterocycles. The lowest BCUT2D eigenvalue weighted by Gasteiger charge is -2.21. The average molecular weight is 298 g/mol. The molecule has 6 heteroatoms. The Morgan fingerprint density at radius 2 is 2.15 bits per heavy atom. The highest BCUT2D eigenvalue weighted by molar-refractivity contribution is 6.32. The summed E-state index contributed by atoms with van der Waals surface area (Å²) >= 11 is 5.97. The number of carboxylic acids is 1. The molecule has 20 heavy (non-hydrogen) atoms. The van der Waals surface area contributed by atoms with Crippen molar-refractivity contribution in [1.82, 2.24) is 4.90 Å². The zero-order valence-electron chi connectivity index (χ0n) is 11.1. The van der Waals surface area contributed by atoms with Gasteiger partial charge in [0.05, 0.1) is 10.9 Å². The molecule has 108 valence electrons. The van der Waals surface area contributed by atoms with Crippen molar-refractivity contribution in [2.75, 3.05) is 13.1 Å². The van der Waals surface area contributed by atoms with Gasteiger partial charge in [-0.05, 0) is 25.5 Å². The quantitative estimate of drug-likeness (QED) is 0.923. The Morgan fingerprint density at radius 1 is 1.45 bits per heavy atom. The number of aliphatic carboxylic acids is 1. The standard InChI is InChI=1S/C14H16ClNO4/c1-9(20-12-5-3-2-4-11(12)15)13(17)16-7-6-10(8-16)14(18)19/h2-5,9-10H,6-8H2,1H3,(H,18,19). The molecule has 0 spiro atoms. The van der Waals surface area contributed by atoms with E-state index in [0.717, 1.165) is 0 Å². The van der Waals surface area contributed by atoms with E-state index in [4.69, 9.17) is 21.4 Å². The zero-order valence-corrected chi connectivity index (χ0v) is 11.8. The van der Waals surface area contributed by atoms with Gasteiger partial charge >= 0.3 is 5.97 Å². The van der Waals surface area contributed by atoms with Crippen LogP contribution in [-0.4, -0.2) is 41.1 Å². The summed E-state index contributed by atoms with van der Waals surface area (Å²) < 4.78 is 5.54. The molecule has 1 aliphatic rings. The highest BCUT2D eigenvalue weighted by atomic mass is 35.5. The fourth-order valence-electron chi connectivity index (χ4n) is 2.20. The van der Waals surface area contributed by atoms with Crippen molar-refractivity contribution in [2.24, 2.45) is 5.92 Å². The van der Waals surface area contributed by atoms with Gasteiger partial charge in [-0.25, -0.2) is 0 Å². The lowest BCUT2D eigenvalue weighted by atomic mass is 10.1. The Labute approximate surface area is 122 Å². The van der Waals surface area contributed by atoms with Crippen LogP contribution in [0.4, 0.5) is 0 Å². The summed E-state index contributed by atoms with van der Waals surface area (Å²) in [5.41, 5.74) is 0. The molecule has 2 rings (SSSR count). The first-order valence-electron chi connectivity index (χ1n) is 6.42. The number of carbonyl (C=O) groups excluding carboxylic acids is 1. The summed E-state index contributed by atoms with van der Waals surface area (Å²) in [6.45, 7) is 2.33. The van der Waals surface area contributed by atoms with Crippen LogP contribution in [0.1, 0.15) is 13.3 Å². The molecule has 2 unspecified atom stereocenters. The van der Waals surface area contributed by atoms with Crippen molar-refractivity contribution in [3.05, 3.63) is 29.3 Å². The highest BCUT2D eigenvalue weighted by Crippen LogP contribution is 2.25.